The number of nitrogens with two attached hydrogens (primary N) is 1. The first-order valence-electron chi connectivity index (χ1n) is 7.54. The van der Waals surface area contributed by atoms with Crippen molar-refractivity contribution in [2.75, 3.05) is 13.1 Å². The number of rotatable bonds is 6. The van der Waals surface area contributed by atoms with Gasteiger partial charge in [0.15, 0.2) is 0 Å². The van der Waals surface area contributed by atoms with Crippen molar-refractivity contribution in [3.8, 4) is 0 Å². The van der Waals surface area contributed by atoms with E-state index in [1.165, 1.54) is 17.5 Å². The molecule has 0 aromatic heterocycles. The number of primary amides is 1. The molecule has 1 aromatic carbocycles. The van der Waals surface area contributed by atoms with Crippen LogP contribution in [0.5, 0.6) is 0 Å². The van der Waals surface area contributed by atoms with Gasteiger partial charge in [0.2, 0.25) is 5.91 Å². The van der Waals surface area contributed by atoms with Gasteiger partial charge in [0.1, 0.15) is 0 Å². The molecule has 0 bridgehead atoms. The molecule has 1 aromatic rings. The maximum atomic E-state index is 11.7. The number of benzene rings is 1. The molecule has 0 saturated carbocycles. The molecule has 0 unspecified atom stereocenters. The van der Waals surface area contributed by atoms with Crippen LogP contribution in [-0.2, 0) is 11.2 Å². The van der Waals surface area contributed by atoms with E-state index in [4.69, 9.17) is 5.73 Å². The molecule has 21 heavy (non-hydrogen) atoms. The highest BCUT2D eigenvalue weighted by Gasteiger charge is 2.19. The van der Waals surface area contributed by atoms with E-state index in [2.05, 4.69) is 34.9 Å². The van der Waals surface area contributed by atoms with Crippen molar-refractivity contribution in [3.63, 3.8) is 0 Å². The highest BCUT2D eigenvalue weighted by Crippen LogP contribution is 2.30. The van der Waals surface area contributed by atoms with Crippen LogP contribution in [0.2, 0.25) is 0 Å². The normalized spacial score (nSPS) is 16.9. The molecule has 0 heterocycles. The van der Waals surface area contributed by atoms with Gasteiger partial charge in [0, 0.05) is 25.4 Å². The minimum Gasteiger partial charge on any atom is -0.370 e. The number of fused-ring (bicyclic) bond motifs is 1. The highest BCUT2D eigenvalue weighted by molar-refractivity contribution is 5.75. The summed E-state index contributed by atoms with van der Waals surface area (Å²) in [5, 5.41) is 5.66. The largest absolute Gasteiger partial charge is 0.370 e. The Morgan fingerprint density at radius 2 is 2.05 bits per heavy atom. The summed E-state index contributed by atoms with van der Waals surface area (Å²) < 4.78 is 0. The van der Waals surface area contributed by atoms with Gasteiger partial charge in [0.05, 0.1) is 0 Å². The van der Waals surface area contributed by atoms with Crippen molar-refractivity contribution in [1.29, 1.82) is 0 Å². The molecule has 3 amide bonds. The van der Waals surface area contributed by atoms with Gasteiger partial charge in [0.25, 0.3) is 0 Å². The molecule has 0 saturated heterocycles. The van der Waals surface area contributed by atoms with Gasteiger partial charge in [-0.05, 0) is 36.8 Å². The van der Waals surface area contributed by atoms with Crippen molar-refractivity contribution in [2.24, 2.45) is 5.73 Å². The van der Waals surface area contributed by atoms with Crippen LogP contribution in [0.1, 0.15) is 42.7 Å². The van der Waals surface area contributed by atoms with E-state index >= 15 is 0 Å². The zero-order chi connectivity index (χ0) is 15.1. The Morgan fingerprint density at radius 1 is 1.24 bits per heavy atom. The lowest BCUT2D eigenvalue weighted by Crippen LogP contribution is -2.38. The van der Waals surface area contributed by atoms with E-state index in [1.54, 1.807) is 0 Å². The Bertz CT molecular complexity index is 502. The number of hydrogen-bond acceptors (Lipinski definition) is 2. The zero-order valence-electron chi connectivity index (χ0n) is 12.2. The van der Waals surface area contributed by atoms with Crippen molar-refractivity contribution in [3.05, 3.63) is 35.4 Å². The molecule has 1 atom stereocenters. The van der Waals surface area contributed by atoms with Crippen LogP contribution in [0.15, 0.2) is 24.3 Å². The van der Waals surface area contributed by atoms with E-state index in [9.17, 15) is 9.59 Å². The highest BCUT2D eigenvalue weighted by atomic mass is 16.2. The summed E-state index contributed by atoms with van der Waals surface area (Å²) in [6.07, 6.45) is 4.29. The Morgan fingerprint density at radius 3 is 2.86 bits per heavy atom. The average molecular weight is 289 g/mol. The second-order valence-corrected chi connectivity index (χ2v) is 5.49. The van der Waals surface area contributed by atoms with Crippen molar-refractivity contribution >= 4 is 11.9 Å². The second-order valence-electron chi connectivity index (χ2n) is 5.49. The Hall–Kier alpha value is -2.04. The molecule has 0 radical (unpaired) electrons. The maximum Gasteiger partial charge on any atom is 0.314 e. The Balaban J connectivity index is 1.74. The molecule has 1 aliphatic carbocycles. The zero-order valence-corrected chi connectivity index (χ0v) is 12.2. The molecular formula is C16H23N3O2. The monoisotopic (exact) mass is 289 g/mol. The summed E-state index contributed by atoms with van der Waals surface area (Å²) in [6, 6.07) is 8.28. The Labute approximate surface area is 125 Å². The first-order valence-corrected chi connectivity index (χ1v) is 7.54. The molecule has 114 valence electrons. The van der Waals surface area contributed by atoms with E-state index in [-0.39, 0.29) is 11.9 Å². The standard InChI is InChI=1S/C16H23N3O2/c17-15(20)9-4-10-18-16(21)19-11-13-7-3-6-12-5-1-2-8-14(12)13/h1-2,5,8,13H,3-4,6-7,9-11H2,(H2,17,20)(H2,18,19,21)/t13-/m0/s1. The van der Waals surface area contributed by atoms with Gasteiger partial charge < -0.3 is 16.4 Å². The number of aryl methyl sites for hydroxylation is 1. The molecule has 4 N–H and O–H groups in total. The van der Waals surface area contributed by atoms with Crippen LogP contribution in [0.25, 0.3) is 0 Å². The lowest BCUT2D eigenvalue weighted by atomic mass is 9.83. The smallest absolute Gasteiger partial charge is 0.314 e. The molecule has 0 aliphatic heterocycles. The van der Waals surface area contributed by atoms with Crippen molar-refractivity contribution in [2.45, 2.75) is 38.0 Å². The van der Waals surface area contributed by atoms with E-state index < -0.39 is 0 Å². The average Bonchev–Trinajstić information content (AvgIpc) is 2.49. The van der Waals surface area contributed by atoms with Gasteiger partial charge in [-0.15, -0.1) is 0 Å². The first-order chi connectivity index (χ1) is 10.2. The molecule has 0 fully saturated rings. The number of carbonyl (C=O) groups is 2. The molecule has 2 rings (SSSR count). The third kappa shape index (κ3) is 4.77. The summed E-state index contributed by atoms with van der Waals surface area (Å²) in [5.41, 5.74) is 7.80. The van der Waals surface area contributed by atoms with Crippen LogP contribution in [0, 0.1) is 0 Å². The van der Waals surface area contributed by atoms with Crippen LogP contribution >= 0.6 is 0 Å². The minimum atomic E-state index is -0.337. The molecule has 0 spiro atoms. The predicted molar refractivity (Wildman–Crippen MR) is 82.0 cm³/mol. The van der Waals surface area contributed by atoms with Crippen LogP contribution < -0.4 is 16.4 Å². The molecule has 5 heteroatoms. The van der Waals surface area contributed by atoms with Gasteiger partial charge >= 0.3 is 6.03 Å². The van der Waals surface area contributed by atoms with Crippen LogP contribution in [-0.4, -0.2) is 25.0 Å². The molecular weight excluding hydrogens is 266 g/mol. The molecule has 1 aliphatic rings. The van der Waals surface area contributed by atoms with Gasteiger partial charge in [-0.25, -0.2) is 4.79 Å². The maximum absolute atomic E-state index is 11.7. The lowest BCUT2D eigenvalue weighted by Gasteiger charge is -2.25. The number of nitrogens with one attached hydrogen (secondary N) is 2. The van der Waals surface area contributed by atoms with Crippen LogP contribution in [0.3, 0.4) is 0 Å². The lowest BCUT2D eigenvalue weighted by molar-refractivity contribution is -0.118. The van der Waals surface area contributed by atoms with Gasteiger partial charge in [-0.3, -0.25) is 4.79 Å². The summed E-state index contributed by atoms with van der Waals surface area (Å²) in [6.45, 7) is 1.12. The fourth-order valence-electron chi connectivity index (χ4n) is 2.81. The summed E-state index contributed by atoms with van der Waals surface area (Å²) in [4.78, 5) is 22.3. The number of amides is 3. The van der Waals surface area contributed by atoms with E-state index in [1.807, 2.05) is 0 Å². The third-order valence-corrected chi connectivity index (χ3v) is 3.89. The fourth-order valence-corrected chi connectivity index (χ4v) is 2.81. The Kier molecular flexibility index (Phi) is 5.60. The van der Waals surface area contributed by atoms with Crippen molar-refractivity contribution in [1.82, 2.24) is 10.6 Å². The topological polar surface area (TPSA) is 84.2 Å². The number of urea groups is 1. The van der Waals surface area contributed by atoms with Gasteiger partial charge in [-0.1, -0.05) is 24.3 Å². The quantitative estimate of drug-likeness (QED) is 0.696. The predicted octanol–water partition coefficient (Wildman–Crippen LogP) is 1.67. The number of hydrogen-bond donors (Lipinski definition) is 3. The number of carbonyl (C=O) groups excluding carboxylic acids is 2. The first kappa shape index (κ1) is 15.4. The SMILES string of the molecule is NC(=O)CCCNC(=O)NC[C@@H]1CCCc2ccccc21. The summed E-state index contributed by atoms with van der Waals surface area (Å²) in [7, 11) is 0. The van der Waals surface area contributed by atoms with Crippen molar-refractivity contribution < 1.29 is 9.59 Å². The van der Waals surface area contributed by atoms with Crippen LogP contribution in [0.4, 0.5) is 4.79 Å². The molecule has 5 nitrogen and oxygen atoms in total. The summed E-state index contributed by atoms with van der Waals surface area (Å²) in [5.74, 6) is 0.0577. The fraction of sp³-hybridized carbons (Fsp3) is 0.500. The van der Waals surface area contributed by atoms with E-state index in [0.717, 1.165) is 12.8 Å². The van der Waals surface area contributed by atoms with E-state index in [0.29, 0.717) is 31.8 Å². The summed E-state index contributed by atoms with van der Waals surface area (Å²) >= 11 is 0. The second kappa shape index (κ2) is 7.67. The van der Waals surface area contributed by atoms with Gasteiger partial charge in [-0.2, -0.15) is 0 Å². The third-order valence-electron chi connectivity index (χ3n) is 3.89. The minimum absolute atomic E-state index is 0.178.